The largest absolute Gasteiger partial charge is 0.0606 e. The molecule has 2 bridgehead atoms. The minimum Gasteiger partial charge on any atom is -0.0606 e. The molecule has 1 aromatic carbocycles. The van der Waals surface area contributed by atoms with Gasteiger partial charge in [-0.1, -0.05) is 53.6 Å². The van der Waals surface area contributed by atoms with Gasteiger partial charge >= 0.3 is 0 Å². The zero-order valence-electron chi connectivity index (χ0n) is 10.5. The van der Waals surface area contributed by atoms with Crippen LogP contribution in [-0.2, 0) is 0 Å². The second kappa shape index (κ2) is 3.98. The first kappa shape index (κ1) is 11.5. The molecule has 2 saturated carbocycles. The molecule has 0 aromatic heterocycles. The van der Waals surface area contributed by atoms with Gasteiger partial charge in [0.25, 0.3) is 0 Å². The van der Waals surface area contributed by atoms with Crippen LogP contribution in [0.4, 0.5) is 0 Å². The topological polar surface area (TPSA) is 0 Å². The molecule has 1 heteroatoms. The van der Waals surface area contributed by atoms with Crippen LogP contribution in [0, 0.1) is 17.3 Å². The van der Waals surface area contributed by atoms with Gasteiger partial charge in [-0.15, -0.1) is 0 Å². The van der Waals surface area contributed by atoms with Gasteiger partial charge in [-0.2, -0.15) is 0 Å². The molecule has 2 aliphatic rings. The van der Waals surface area contributed by atoms with Crippen LogP contribution in [0.5, 0.6) is 0 Å². The highest BCUT2D eigenvalue weighted by Gasteiger charge is 2.48. The average molecular weight is 291 g/mol. The van der Waals surface area contributed by atoms with Gasteiger partial charge in [-0.25, -0.2) is 0 Å². The van der Waals surface area contributed by atoms with Crippen molar-refractivity contribution in [3.8, 4) is 0 Å². The molecule has 2 atom stereocenters. The Kier molecular flexibility index (Phi) is 2.70. The molecule has 0 spiro atoms. The summed E-state index contributed by atoms with van der Waals surface area (Å²) in [7, 11) is 0. The maximum absolute atomic E-state index is 3.49. The van der Waals surface area contributed by atoms with Crippen molar-refractivity contribution in [1.82, 2.24) is 0 Å². The van der Waals surface area contributed by atoms with Crippen molar-refractivity contribution in [3.05, 3.63) is 39.9 Å². The van der Waals surface area contributed by atoms with E-state index in [2.05, 4.69) is 60.1 Å². The second-order valence-electron chi connectivity index (χ2n) is 6.08. The molecule has 0 radical (unpaired) electrons. The molecule has 0 unspecified atom stereocenters. The van der Waals surface area contributed by atoms with Crippen molar-refractivity contribution >= 4 is 22.0 Å². The Morgan fingerprint density at radius 3 is 2.47 bits per heavy atom. The smallest absolute Gasteiger partial charge is 0.0175 e. The number of allylic oxidation sites excluding steroid dienone is 1. The summed E-state index contributed by atoms with van der Waals surface area (Å²) >= 11 is 3.49. The third-order valence-corrected chi connectivity index (χ3v) is 5.36. The standard InChI is InChI=1S/C16H19Br/c1-16(2)13-6-5-12(10-13)15(16)9-11-3-7-14(17)8-4-11/h3-4,7-9,12-13H,5-6,10H2,1-2H3/b15-9+/t12-,13+/m0/s1. The summed E-state index contributed by atoms with van der Waals surface area (Å²) in [5.41, 5.74) is 3.47. The van der Waals surface area contributed by atoms with Gasteiger partial charge in [0.15, 0.2) is 0 Å². The van der Waals surface area contributed by atoms with E-state index in [1.165, 1.54) is 24.8 Å². The first-order valence-corrected chi connectivity index (χ1v) is 7.34. The van der Waals surface area contributed by atoms with Crippen molar-refractivity contribution in [2.24, 2.45) is 17.3 Å². The highest BCUT2D eigenvalue weighted by molar-refractivity contribution is 9.10. The third-order valence-electron chi connectivity index (χ3n) is 4.83. The van der Waals surface area contributed by atoms with Gasteiger partial charge in [0, 0.05) is 4.47 Å². The van der Waals surface area contributed by atoms with Crippen LogP contribution in [0.15, 0.2) is 34.3 Å². The summed E-state index contributed by atoms with van der Waals surface area (Å²) in [5.74, 6) is 1.79. The fraction of sp³-hybridized carbons (Fsp3) is 0.500. The van der Waals surface area contributed by atoms with E-state index in [0.29, 0.717) is 5.41 Å². The van der Waals surface area contributed by atoms with Crippen LogP contribution in [-0.4, -0.2) is 0 Å². The van der Waals surface area contributed by atoms with Gasteiger partial charge in [0.05, 0.1) is 0 Å². The summed E-state index contributed by atoms with van der Waals surface area (Å²) in [5, 5.41) is 0. The zero-order chi connectivity index (χ0) is 12.0. The molecular formula is C16H19Br. The number of rotatable bonds is 1. The summed E-state index contributed by atoms with van der Waals surface area (Å²) in [6.45, 7) is 4.86. The summed E-state index contributed by atoms with van der Waals surface area (Å²) in [6, 6.07) is 8.68. The van der Waals surface area contributed by atoms with Crippen LogP contribution in [0.25, 0.3) is 6.08 Å². The normalized spacial score (nSPS) is 32.3. The molecule has 0 amide bonds. The highest BCUT2D eigenvalue weighted by Crippen LogP contribution is 2.59. The number of halogens is 1. The fourth-order valence-corrected chi connectivity index (χ4v) is 3.99. The number of hydrogen-bond acceptors (Lipinski definition) is 0. The summed E-state index contributed by atoms with van der Waals surface area (Å²) in [4.78, 5) is 0. The fourth-order valence-electron chi connectivity index (χ4n) is 3.72. The van der Waals surface area contributed by atoms with Gasteiger partial charge in [0.2, 0.25) is 0 Å². The predicted molar refractivity (Wildman–Crippen MR) is 76.7 cm³/mol. The Balaban J connectivity index is 1.96. The second-order valence-corrected chi connectivity index (χ2v) is 7.00. The first-order chi connectivity index (χ1) is 8.07. The lowest BCUT2D eigenvalue weighted by atomic mass is 9.72. The Morgan fingerprint density at radius 1 is 1.18 bits per heavy atom. The molecule has 0 saturated heterocycles. The predicted octanol–water partition coefficient (Wildman–Crippen LogP) is 5.29. The Labute approximate surface area is 112 Å². The van der Waals surface area contributed by atoms with E-state index < -0.39 is 0 Å². The van der Waals surface area contributed by atoms with E-state index in [4.69, 9.17) is 0 Å². The minimum atomic E-state index is 0.427. The Bertz CT molecular complexity index is 453. The molecular weight excluding hydrogens is 272 g/mol. The lowest BCUT2D eigenvalue weighted by Crippen LogP contribution is -2.22. The molecule has 0 N–H and O–H groups in total. The first-order valence-electron chi connectivity index (χ1n) is 6.55. The molecule has 3 rings (SSSR count). The van der Waals surface area contributed by atoms with E-state index in [9.17, 15) is 0 Å². The average Bonchev–Trinajstić information content (AvgIpc) is 2.84. The maximum atomic E-state index is 3.49. The van der Waals surface area contributed by atoms with Crippen LogP contribution in [0.1, 0.15) is 38.7 Å². The van der Waals surface area contributed by atoms with E-state index in [1.54, 1.807) is 5.57 Å². The Hall–Kier alpha value is -0.560. The van der Waals surface area contributed by atoms with Gasteiger partial charge < -0.3 is 0 Å². The molecule has 0 heterocycles. The van der Waals surface area contributed by atoms with E-state index in [0.717, 1.165) is 16.3 Å². The van der Waals surface area contributed by atoms with Crippen LogP contribution in [0.2, 0.25) is 0 Å². The van der Waals surface area contributed by atoms with Crippen molar-refractivity contribution in [3.63, 3.8) is 0 Å². The van der Waals surface area contributed by atoms with Crippen LogP contribution in [0.3, 0.4) is 0 Å². The maximum Gasteiger partial charge on any atom is 0.0175 e. The van der Waals surface area contributed by atoms with Crippen molar-refractivity contribution < 1.29 is 0 Å². The molecule has 2 aliphatic carbocycles. The number of benzene rings is 1. The molecule has 17 heavy (non-hydrogen) atoms. The molecule has 2 fully saturated rings. The lowest BCUT2D eigenvalue weighted by Gasteiger charge is -2.33. The number of hydrogen-bond donors (Lipinski definition) is 0. The lowest BCUT2D eigenvalue weighted by molar-refractivity contribution is 0.290. The zero-order valence-corrected chi connectivity index (χ0v) is 12.1. The van der Waals surface area contributed by atoms with Gasteiger partial charge in [-0.05, 0) is 54.2 Å². The van der Waals surface area contributed by atoms with E-state index in [-0.39, 0.29) is 0 Å². The molecule has 0 aliphatic heterocycles. The Morgan fingerprint density at radius 2 is 1.88 bits per heavy atom. The van der Waals surface area contributed by atoms with E-state index in [1.807, 2.05) is 0 Å². The summed E-state index contributed by atoms with van der Waals surface area (Å²) in [6.07, 6.45) is 6.72. The molecule has 1 aromatic rings. The highest BCUT2D eigenvalue weighted by atomic mass is 79.9. The van der Waals surface area contributed by atoms with Crippen molar-refractivity contribution in [2.45, 2.75) is 33.1 Å². The van der Waals surface area contributed by atoms with Crippen LogP contribution < -0.4 is 0 Å². The quantitative estimate of drug-likeness (QED) is 0.659. The molecule has 0 nitrogen and oxygen atoms in total. The SMILES string of the molecule is CC1(C)/C(=C/c2ccc(Br)cc2)[C@H]2CC[C@@H]1C2. The summed E-state index contributed by atoms with van der Waals surface area (Å²) < 4.78 is 1.16. The minimum absolute atomic E-state index is 0.427. The third kappa shape index (κ3) is 1.89. The van der Waals surface area contributed by atoms with E-state index >= 15 is 0 Å². The van der Waals surface area contributed by atoms with Gasteiger partial charge in [-0.3, -0.25) is 0 Å². The number of fused-ring (bicyclic) bond motifs is 2. The van der Waals surface area contributed by atoms with Gasteiger partial charge in [0.1, 0.15) is 0 Å². The monoisotopic (exact) mass is 290 g/mol. The van der Waals surface area contributed by atoms with Crippen molar-refractivity contribution in [2.75, 3.05) is 0 Å². The van der Waals surface area contributed by atoms with Crippen molar-refractivity contribution in [1.29, 1.82) is 0 Å². The molecule has 90 valence electrons. The van der Waals surface area contributed by atoms with Crippen LogP contribution >= 0.6 is 15.9 Å².